The highest BCUT2D eigenvalue weighted by molar-refractivity contribution is 5.95. The Morgan fingerprint density at radius 1 is 1.75 bits per heavy atom. The maximum Gasteiger partial charge on any atom is 0.137 e. The first-order valence-electron chi connectivity index (χ1n) is 3.23. The molecule has 0 bridgehead atoms. The lowest BCUT2D eigenvalue weighted by molar-refractivity contribution is -0.111. The van der Waals surface area contributed by atoms with Crippen LogP contribution in [0.1, 0.15) is 26.7 Å². The third-order valence-corrected chi connectivity index (χ3v) is 1.50. The van der Waals surface area contributed by atoms with Crippen LogP contribution in [-0.4, -0.2) is 5.78 Å². The molecule has 0 aromatic heterocycles. The summed E-state index contributed by atoms with van der Waals surface area (Å²) in [5.41, 5.74) is 0. The van der Waals surface area contributed by atoms with Crippen molar-refractivity contribution in [3.63, 3.8) is 0 Å². The molecule has 1 rings (SSSR count). The Kier molecular flexibility index (Phi) is 1.37. The first kappa shape index (κ1) is 5.80. The topological polar surface area (TPSA) is 17.1 Å². The third-order valence-electron chi connectivity index (χ3n) is 1.50. The van der Waals surface area contributed by atoms with Crippen molar-refractivity contribution in [2.45, 2.75) is 26.7 Å². The zero-order chi connectivity index (χ0) is 6.15. The number of carbonyl (C=O) groups excluding carboxylic acids is 1. The number of carbonyl (C=O) groups is 1. The number of ketones is 1. The molecule has 1 aliphatic rings. The summed E-state index contributed by atoms with van der Waals surface area (Å²) in [6.45, 7) is 4.32. The van der Waals surface area contributed by atoms with Gasteiger partial charge in [-0.1, -0.05) is 13.8 Å². The van der Waals surface area contributed by atoms with Gasteiger partial charge in [0.25, 0.3) is 0 Å². The minimum atomic E-state index is 0.454. The second-order valence-electron chi connectivity index (χ2n) is 3.00. The summed E-state index contributed by atoms with van der Waals surface area (Å²) in [5, 5.41) is 0. The van der Waals surface area contributed by atoms with Crippen LogP contribution in [0.15, 0.2) is 0 Å². The lowest BCUT2D eigenvalue weighted by Gasteiger charge is -1.96. The number of hydrogen-bond acceptors (Lipinski definition) is 1. The van der Waals surface area contributed by atoms with E-state index < -0.39 is 0 Å². The Morgan fingerprint density at radius 2 is 2.25 bits per heavy atom. The second-order valence-corrected chi connectivity index (χ2v) is 3.00. The van der Waals surface area contributed by atoms with E-state index in [4.69, 9.17) is 0 Å². The Morgan fingerprint density at radius 3 is 2.38 bits per heavy atom. The molecule has 1 aliphatic carbocycles. The Hall–Kier alpha value is -0.330. The van der Waals surface area contributed by atoms with E-state index in [9.17, 15) is 4.79 Å². The number of rotatable bonds is 2. The van der Waals surface area contributed by atoms with Crippen molar-refractivity contribution in [3.8, 4) is 0 Å². The van der Waals surface area contributed by atoms with Gasteiger partial charge in [-0.2, -0.15) is 0 Å². The van der Waals surface area contributed by atoms with Gasteiger partial charge in [0.05, 0.1) is 0 Å². The average molecular weight is 112 g/mol. The van der Waals surface area contributed by atoms with E-state index in [1.54, 1.807) is 0 Å². The van der Waals surface area contributed by atoms with E-state index in [2.05, 4.69) is 13.8 Å². The molecule has 0 heterocycles. The van der Waals surface area contributed by atoms with Gasteiger partial charge in [-0.05, 0) is 12.3 Å². The van der Waals surface area contributed by atoms with Gasteiger partial charge >= 0.3 is 0 Å². The Balaban J connectivity index is 2.13. The first-order chi connectivity index (χ1) is 3.70. The highest BCUT2D eigenvalue weighted by Crippen LogP contribution is 2.30. The van der Waals surface area contributed by atoms with Gasteiger partial charge in [0.2, 0.25) is 0 Å². The molecule has 46 valence electrons. The molecule has 0 N–H and O–H groups in total. The summed E-state index contributed by atoms with van der Waals surface area (Å²) in [5.74, 6) is 1.63. The van der Waals surface area contributed by atoms with Crippen LogP contribution in [0, 0.1) is 11.8 Å². The minimum Gasteiger partial charge on any atom is -0.299 e. The molecule has 0 aromatic rings. The standard InChI is InChI=1S/C7H12O/c1-5(2)3-6-4-7(6)8/h5-6H,3-4H2,1-2H3. The molecule has 1 heteroatoms. The van der Waals surface area contributed by atoms with Crippen molar-refractivity contribution in [2.24, 2.45) is 11.8 Å². The summed E-state index contributed by atoms with van der Waals surface area (Å²) < 4.78 is 0. The predicted molar refractivity (Wildman–Crippen MR) is 32.6 cm³/mol. The van der Waals surface area contributed by atoms with Crippen LogP contribution < -0.4 is 0 Å². The summed E-state index contributed by atoms with van der Waals surface area (Å²) >= 11 is 0. The molecule has 0 aromatic carbocycles. The van der Waals surface area contributed by atoms with Gasteiger partial charge in [0.15, 0.2) is 0 Å². The molecule has 1 unspecified atom stereocenters. The van der Waals surface area contributed by atoms with Crippen LogP contribution in [0.2, 0.25) is 0 Å². The second kappa shape index (κ2) is 1.88. The van der Waals surface area contributed by atoms with Crippen LogP contribution in [-0.2, 0) is 4.79 Å². The van der Waals surface area contributed by atoms with Crippen molar-refractivity contribution in [1.82, 2.24) is 0 Å². The van der Waals surface area contributed by atoms with Crippen LogP contribution in [0.4, 0.5) is 0 Å². The normalized spacial score (nSPS) is 26.9. The van der Waals surface area contributed by atoms with Gasteiger partial charge in [-0.25, -0.2) is 0 Å². The van der Waals surface area contributed by atoms with Crippen LogP contribution in [0.5, 0.6) is 0 Å². The van der Waals surface area contributed by atoms with E-state index in [0.717, 1.165) is 12.8 Å². The SMILES string of the molecule is CC(C)CC1CC1=O. The van der Waals surface area contributed by atoms with Crippen molar-refractivity contribution < 1.29 is 4.79 Å². The quantitative estimate of drug-likeness (QED) is 0.530. The fraction of sp³-hybridized carbons (Fsp3) is 0.857. The number of hydrogen-bond donors (Lipinski definition) is 0. The average Bonchev–Trinajstić information content (AvgIpc) is 2.17. The molecular formula is C7H12O. The van der Waals surface area contributed by atoms with Gasteiger partial charge in [-0.15, -0.1) is 0 Å². The molecule has 1 atom stereocenters. The van der Waals surface area contributed by atoms with Crippen molar-refractivity contribution in [2.75, 3.05) is 0 Å². The fourth-order valence-electron chi connectivity index (χ4n) is 0.968. The summed E-state index contributed by atoms with van der Waals surface area (Å²) in [7, 11) is 0. The monoisotopic (exact) mass is 112 g/mol. The summed E-state index contributed by atoms with van der Waals surface area (Å²) in [6, 6.07) is 0. The van der Waals surface area contributed by atoms with Gasteiger partial charge in [-0.3, -0.25) is 4.79 Å². The maximum atomic E-state index is 10.4. The molecule has 0 aliphatic heterocycles. The van der Waals surface area contributed by atoms with E-state index in [1.165, 1.54) is 0 Å². The third kappa shape index (κ3) is 1.32. The van der Waals surface area contributed by atoms with Gasteiger partial charge in [0, 0.05) is 12.3 Å². The Bertz CT molecular complexity index is 105. The maximum absolute atomic E-state index is 10.4. The lowest BCUT2D eigenvalue weighted by Crippen LogP contribution is -1.89. The molecule has 0 radical (unpaired) electrons. The van der Waals surface area contributed by atoms with Gasteiger partial charge in [0.1, 0.15) is 5.78 Å². The van der Waals surface area contributed by atoms with E-state index in [0.29, 0.717) is 17.6 Å². The molecule has 0 spiro atoms. The summed E-state index contributed by atoms with van der Waals surface area (Å²) in [6.07, 6.45) is 1.97. The predicted octanol–water partition coefficient (Wildman–Crippen LogP) is 1.62. The minimum absolute atomic E-state index is 0.454. The van der Waals surface area contributed by atoms with Crippen molar-refractivity contribution in [1.29, 1.82) is 0 Å². The van der Waals surface area contributed by atoms with Crippen LogP contribution in [0.25, 0.3) is 0 Å². The number of Topliss-reactive ketones (excluding diaryl/α,β-unsaturated/α-hetero) is 1. The Labute approximate surface area is 50.1 Å². The van der Waals surface area contributed by atoms with E-state index >= 15 is 0 Å². The smallest absolute Gasteiger partial charge is 0.137 e. The molecule has 0 amide bonds. The van der Waals surface area contributed by atoms with Crippen LogP contribution in [0.3, 0.4) is 0 Å². The first-order valence-corrected chi connectivity index (χ1v) is 3.23. The molecular weight excluding hydrogens is 100 g/mol. The highest BCUT2D eigenvalue weighted by atomic mass is 16.1. The van der Waals surface area contributed by atoms with Crippen molar-refractivity contribution in [3.05, 3.63) is 0 Å². The van der Waals surface area contributed by atoms with E-state index in [-0.39, 0.29) is 0 Å². The van der Waals surface area contributed by atoms with E-state index in [1.807, 2.05) is 0 Å². The molecule has 1 fully saturated rings. The molecule has 1 saturated carbocycles. The van der Waals surface area contributed by atoms with Crippen LogP contribution >= 0.6 is 0 Å². The fourth-order valence-corrected chi connectivity index (χ4v) is 0.968. The molecule has 8 heavy (non-hydrogen) atoms. The zero-order valence-electron chi connectivity index (χ0n) is 5.48. The highest BCUT2D eigenvalue weighted by Gasteiger charge is 2.34. The lowest BCUT2D eigenvalue weighted by atomic mass is 10.1. The van der Waals surface area contributed by atoms with Gasteiger partial charge < -0.3 is 0 Å². The summed E-state index contributed by atoms with van der Waals surface area (Å²) in [4.78, 5) is 10.4. The zero-order valence-corrected chi connectivity index (χ0v) is 5.48. The van der Waals surface area contributed by atoms with Crippen molar-refractivity contribution >= 4 is 5.78 Å². The molecule has 0 saturated heterocycles. The molecule has 1 nitrogen and oxygen atoms in total. The largest absolute Gasteiger partial charge is 0.299 e.